The van der Waals surface area contributed by atoms with Crippen LogP contribution in [-0.4, -0.2) is 10.8 Å². The predicted octanol–water partition coefficient (Wildman–Crippen LogP) is 4.93. The number of hydrogen-bond donors (Lipinski definition) is 0. The van der Waals surface area contributed by atoms with Gasteiger partial charge in [0.25, 0.3) is 0 Å². The van der Waals surface area contributed by atoms with E-state index in [9.17, 15) is 4.79 Å². The molecule has 1 amide bonds. The molecule has 0 aromatic heterocycles. The lowest BCUT2D eigenvalue weighted by Crippen LogP contribution is -2.28. The van der Waals surface area contributed by atoms with Crippen LogP contribution in [0.5, 0.6) is 0 Å². The molecule has 0 fully saturated rings. The zero-order valence-corrected chi connectivity index (χ0v) is 14.1. The fourth-order valence-electron chi connectivity index (χ4n) is 2.66. The fourth-order valence-corrected chi connectivity index (χ4v) is 2.66. The lowest BCUT2D eigenvalue weighted by molar-refractivity contribution is -0.127. The molecule has 0 aliphatic heterocycles. The van der Waals surface area contributed by atoms with Crippen LogP contribution in [-0.2, 0) is 17.9 Å². The summed E-state index contributed by atoms with van der Waals surface area (Å²) in [6.45, 7) is 1.18. The van der Waals surface area contributed by atoms with Gasteiger partial charge in [0.05, 0.1) is 0 Å². The van der Waals surface area contributed by atoms with Crippen LogP contribution in [0, 0.1) is 0 Å². The van der Waals surface area contributed by atoms with E-state index in [4.69, 9.17) is 0 Å². The Hall–Kier alpha value is -3.13. The smallest absolute Gasteiger partial charge is 0.247 e. The van der Waals surface area contributed by atoms with E-state index in [-0.39, 0.29) is 5.91 Å². The Kier molecular flexibility index (Phi) is 5.78. The SMILES string of the molecule is O=C(/C=C\c1ccccc1)N(Cc1ccccc1)Cc1ccccc1. The lowest BCUT2D eigenvalue weighted by atomic mass is 10.1. The van der Waals surface area contributed by atoms with Crippen LogP contribution < -0.4 is 0 Å². The van der Waals surface area contributed by atoms with Crippen molar-refractivity contribution in [2.75, 3.05) is 0 Å². The number of rotatable bonds is 6. The molecular formula is C23H21NO. The van der Waals surface area contributed by atoms with E-state index in [0.29, 0.717) is 13.1 Å². The summed E-state index contributed by atoms with van der Waals surface area (Å²) in [7, 11) is 0. The van der Waals surface area contributed by atoms with E-state index in [1.165, 1.54) is 0 Å². The Bertz CT molecular complexity index is 769. The molecule has 25 heavy (non-hydrogen) atoms. The molecule has 0 heterocycles. The summed E-state index contributed by atoms with van der Waals surface area (Å²) in [5.74, 6) is 0.0107. The average molecular weight is 327 g/mol. The molecule has 0 bridgehead atoms. The second kappa shape index (κ2) is 8.65. The third-order valence-corrected chi connectivity index (χ3v) is 3.96. The van der Waals surface area contributed by atoms with Crippen LogP contribution >= 0.6 is 0 Å². The molecule has 0 radical (unpaired) electrons. The molecule has 0 unspecified atom stereocenters. The van der Waals surface area contributed by atoms with Crippen molar-refractivity contribution in [1.82, 2.24) is 4.90 Å². The highest BCUT2D eigenvalue weighted by Gasteiger charge is 2.12. The number of amides is 1. The van der Waals surface area contributed by atoms with Gasteiger partial charge in [-0.15, -0.1) is 0 Å². The summed E-state index contributed by atoms with van der Waals surface area (Å²) in [6, 6.07) is 30.1. The predicted molar refractivity (Wildman–Crippen MR) is 103 cm³/mol. The Morgan fingerprint density at radius 2 is 1.12 bits per heavy atom. The van der Waals surface area contributed by atoms with Crippen LogP contribution in [0.15, 0.2) is 97.1 Å². The second-order valence-corrected chi connectivity index (χ2v) is 5.91. The van der Waals surface area contributed by atoms with E-state index in [1.54, 1.807) is 6.08 Å². The largest absolute Gasteiger partial charge is 0.331 e. The summed E-state index contributed by atoms with van der Waals surface area (Å²) in [5.41, 5.74) is 3.27. The zero-order chi connectivity index (χ0) is 17.3. The van der Waals surface area contributed by atoms with Crippen molar-refractivity contribution in [2.24, 2.45) is 0 Å². The van der Waals surface area contributed by atoms with Gasteiger partial charge in [-0.3, -0.25) is 4.79 Å². The van der Waals surface area contributed by atoms with Crippen LogP contribution in [0.3, 0.4) is 0 Å². The first-order valence-corrected chi connectivity index (χ1v) is 8.41. The molecule has 2 nitrogen and oxygen atoms in total. The van der Waals surface area contributed by atoms with Crippen molar-refractivity contribution in [1.29, 1.82) is 0 Å². The molecule has 0 N–H and O–H groups in total. The molecule has 0 atom stereocenters. The number of nitrogens with zero attached hydrogens (tertiary/aromatic N) is 1. The maximum Gasteiger partial charge on any atom is 0.247 e. The van der Waals surface area contributed by atoms with Gasteiger partial charge in [-0.2, -0.15) is 0 Å². The summed E-state index contributed by atoms with van der Waals surface area (Å²) in [6.07, 6.45) is 3.52. The van der Waals surface area contributed by atoms with Crippen molar-refractivity contribution in [3.8, 4) is 0 Å². The molecule has 3 aromatic rings. The number of hydrogen-bond acceptors (Lipinski definition) is 1. The van der Waals surface area contributed by atoms with Gasteiger partial charge in [0, 0.05) is 19.2 Å². The normalized spacial score (nSPS) is 10.7. The van der Waals surface area contributed by atoms with Crippen LogP contribution in [0.25, 0.3) is 6.08 Å². The van der Waals surface area contributed by atoms with Gasteiger partial charge < -0.3 is 4.90 Å². The van der Waals surface area contributed by atoms with E-state index in [0.717, 1.165) is 16.7 Å². The molecule has 0 saturated carbocycles. The maximum absolute atomic E-state index is 12.8. The van der Waals surface area contributed by atoms with E-state index in [2.05, 4.69) is 0 Å². The third-order valence-electron chi connectivity index (χ3n) is 3.96. The van der Waals surface area contributed by atoms with Gasteiger partial charge in [0.15, 0.2) is 0 Å². The summed E-state index contributed by atoms with van der Waals surface area (Å²) in [5, 5.41) is 0. The second-order valence-electron chi connectivity index (χ2n) is 5.91. The molecule has 124 valence electrons. The van der Waals surface area contributed by atoms with Gasteiger partial charge >= 0.3 is 0 Å². The average Bonchev–Trinajstić information content (AvgIpc) is 2.68. The minimum absolute atomic E-state index is 0.0107. The highest BCUT2D eigenvalue weighted by atomic mass is 16.2. The highest BCUT2D eigenvalue weighted by Crippen LogP contribution is 2.12. The molecule has 3 aromatic carbocycles. The Morgan fingerprint density at radius 3 is 1.60 bits per heavy atom. The van der Waals surface area contributed by atoms with Crippen LogP contribution in [0.1, 0.15) is 16.7 Å². The maximum atomic E-state index is 12.8. The van der Waals surface area contributed by atoms with E-state index >= 15 is 0 Å². The van der Waals surface area contributed by atoms with Crippen LogP contribution in [0.4, 0.5) is 0 Å². The van der Waals surface area contributed by atoms with Gasteiger partial charge in [-0.25, -0.2) is 0 Å². The monoisotopic (exact) mass is 327 g/mol. The number of carbonyl (C=O) groups is 1. The molecule has 3 rings (SSSR count). The summed E-state index contributed by atoms with van der Waals surface area (Å²) >= 11 is 0. The number of benzene rings is 3. The molecule has 0 aliphatic rings. The van der Waals surface area contributed by atoms with E-state index < -0.39 is 0 Å². The first kappa shape index (κ1) is 16.7. The zero-order valence-electron chi connectivity index (χ0n) is 14.1. The van der Waals surface area contributed by atoms with Crippen molar-refractivity contribution in [2.45, 2.75) is 13.1 Å². The first-order valence-electron chi connectivity index (χ1n) is 8.41. The van der Waals surface area contributed by atoms with Gasteiger partial charge in [0.2, 0.25) is 5.91 Å². The summed E-state index contributed by atoms with van der Waals surface area (Å²) in [4.78, 5) is 14.6. The van der Waals surface area contributed by atoms with Crippen molar-refractivity contribution in [3.63, 3.8) is 0 Å². The van der Waals surface area contributed by atoms with Crippen molar-refractivity contribution < 1.29 is 4.79 Å². The van der Waals surface area contributed by atoms with E-state index in [1.807, 2.05) is 102 Å². The Balaban J connectivity index is 1.77. The molecule has 0 saturated heterocycles. The highest BCUT2D eigenvalue weighted by molar-refractivity contribution is 5.91. The quantitative estimate of drug-likeness (QED) is 0.588. The molecule has 0 spiro atoms. The van der Waals surface area contributed by atoms with Crippen molar-refractivity contribution in [3.05, 3.63) is 114 Å². The molecule has 0 aliphatic carbocycles. The van der Waals surface area contributed by atoms with Crippen molar-refractivity contribution >= 4 is 12.0 Å². The van der Waals surface area contributed by atoms with Gasteiger partial charge in [-0.1, -0.05) is 91.0 Å². The summed E-state index contributed by atoms with van der Waals surface area (Å²) < 4.78 is 0. The fraction of sp³-hybridized carbons (Fsp3) is 0.0870. The number of carbonyl (C=O) groups excluding carboxylic acids is 1. The standard InChI is InChI=1S/C23H21NO/c25-23(17-16-20-10-4-1-5-11-20)24(18-21-12-6-2-7-13-21)19-22-14-8-3-9-15-22/h1-17H,18-19H2/b17-16-. The topological polar surface area (TPSA) is 20.3 Å². The molecule has 2 heteroatoms. The minimum Gasteiger partial charge on any atom is -0.331 e. The molecular weight excluding hydrogens is 306 g/mol. The van der Waals surface area contributed by atoms with Gasteiger partial charge in [-0.05, 0) is 22.8 Å². The Labute approximate surface area is 149 Å². The lowest BCUT2D eigenvalue weighted by Gasteiger charge is -2.21. The Morgan fingerprint density at radius 1 is 0.680 bits per heavy atom. The van der Waals surface area contributed by atoms with Crippen LogP contribution in [0.2, 0.25) is 0 Å². The third kappa shape index (κ3) is 5.18. The van der Waals surface area contributed by atoms with Gasteiger partial charge in [0.1, 0.15) is 0 Å². The first-order chi connectivity index (χ1) is 12.3. The minimum atomic E-state index is 0.0107.